The number of rotatable bonds is 3. The van der Waals surface area contributed by atoms with Crippen molar-refractivity contribution in [3.05, 3.63) is 36.4 Å². The number of carbonyl (C=O) groups is 1. The third-order valence-corrected chi connectivity index (χ3v) is 2.40. The summed E-state index contributed by atoms with van der Waals surface area (Å²) in [5.74, 6) is 0.438. The lowest BCUT2D eigenvalue weighted by Gasteiger charge is -2.12. The Labute approximate surface area is 110 Å². The van der Waals surface area contributed by atoms with Gasteiger partial charge in [0.15, 0.2) is 11.5 Å². The van der Waals surface area contributed by atoms with Gasteiger partial charge in [-0.05, 0) is 6.07 Å². The molecule has 3 N–H and O–H groups in total. The number of anilines is 3. The lowest BCUT2D eigenvalue weighted by molar-refractivity contribution is 0.102. The number of pyridine rings is 1. The highest BCUT2D eigenvalue weighted by Gasteiger charge is 2.12. The van der Waals surface area contributed by atoms with Crippen LogP contribution in [0.25, 0.3) is 0 Å². The number of aromatic nitrogens is 3. The summed E-state index contributed by atoms with van der Waals surface area (Å²) >= 11 is 0. The molecule has 0 aliphatic rings. The maximum Gasteiger partial charge on any atom is 0.278 e. The van der Waals surface area contributed by atoms with Gasteiger partial charge in [0, 0.05) is 44.4 Å². The predicted molar refractivity (Wildman–Crippen MR) is 73.0 cm³/mol. The fourth-order valence-corrected chi connectivity index (χ4v) is 1.45. The molecular weight excluding hydrogens is 244 g/mol. The average Bonchev–Trinajstić information content (AvgIpc) is 2.39. The Morgan fingerprint density at radius 3 is 2.63 bits per heavy atom. The maximum absolute atomic E-state index is 12.0. The van der Waals surface area contributed by atoms with Gasteiger partial charge in [0.25, 0.3) is 5.91 Å². The molecule has 0 bridgehead atoms. The molecule has 7 heteroatoms. The van der Waals surface area contributed by atoms with Gasteiger partial charge in [-0.15, -0.1) is 0 Å². The van der Waals surface area contributed by atoms with Gasteiger partial charge in [-0.1, -0.05) is 0 Å². The standard InChI is InChI=1S/C12H14N6O/c1-18(2)9-7-8(3-4-14-9)17-12(19)10-11(13)16-6-5-15-10/h3-7H,1-2H3,(H2,13,16)(H,14,17,19). The number of nitrogens with zero attached hydrogens (tertiary/aromatic N) is 4. The minimum Gasteiger partial charge on any atom is -0.382 e. The highest BCUT2D eigenvalue weighted by Crippen LogP contribution is 2.15. The Morgan fingerprint density at radius 2 is 1.95 bits per heavy atom. The van der Waals surface area contributed by atoms with E-state index in [4.69, 9.17) is 5.73 Å². The fourth-order valence-electron chi connectivity index (χ4n) is 1.45. The van der Waals surface area contributed by atoms with Crippen LogP contribution in [-0.2, 0) is 0 Å². The molecule has 0 fully saturated rings. The predicted octanol–water partition coefficient (Wildman–Crippen LogP) is 0.772. The summed E-state index contributed by atoms with van der Waals surface area (Å²) in [6.45, 7) is 0. The van der Waals surface area contributed by atoms with Crippen LogP contribution in [0.1, 0.15) is 10.5 Å². The number of amides is 1. The molecule has 0 aliphatic heterocycles. The van der Waals surface area contributed by atoms with Gasteiger partial charge < -0.3 is 16.0 Å². The Bertz CT molecular complexity index is 598. The first-order chi connectivity index (χ1) is 9.08. The topological polar surface area (TPSA) is 97.0 Å². The summed E-state index contributed by atoms with van der Waals surface area (Å²) in [5.41, 5.74) is 6.32. The first kappa shape index (κ1) is 12.7. The zero-order chi connectivity index (χ0) is 13.8. The quantitative estimate of drug-likeness (QED) is 0.844. The van der Waals surface area contributed by atoms with Crippen molar-refractivity contribution in [3.8, 4) is 0 Å². The molecule has 2 aromatic heterocycles. The number of nitrogens with two attached hydrogens (primary N) is 1. The number of carbonyl (C=O) groups excluding carboxylic acids is 1. The SMILES string of the molecule is CN(C)c1cc(NC(=O)c2nccnc2N)ccn1. The second-order valence-corrected chi connectivity index (χ2v) is 4.04. The molecule has 0 saturated heterocycles. The second-order valence-electron chi connectivity index (χ2n) is 4.04. The smallest absolute Gasteiger partial charge is 0.278 e. The minimum atomic E-state index is -0.401. The normalized spacial score (nSPS) is 10.0. The number of hydrogen-bond acceptors (Lipinski definition) is 6. The second kappa shape index (κ2) is 5.30. The van der Waals surface area contributed by atoms with Crippen LogP contribution in [0.5, 0.6) is 0 Å². The van der Waals surface area contributed by atoms with E-state index < -0.39 is 5.91 Å². The largest absolute Gasteiger partial charge is 0.382 e. The highest BCUT2D eigenvalue weighted by molar-refractivity contribution is 6.05. The third-order valence-electron chi connectivity index (χ3n) is 2.40. The monoisotopic (exact) mass is 258 g/mol. The van der Waals surface area contributed by atoms with E-state index in [1.54, 1.807) is 18.3 Å². The molecule has 0 aliphatic carbocycles. The summed E-state index contributed by atoms with van der Waals surface area (Å²) in [5, 5.41) is 2.71. The van der Waals surface area contributed by atoms with Crippen molar-refractivity contribution in [1.82, 2.24) is 15.0 Å². The lowest BCUT2D eigenvalue weighted by atomic mass is 10.3. The van der Waals surface area contributed by atoms with E-state index in [1.165, 1.54) is 12.4 Å². The van der Waals surface area contributed by atoms with Crippen molar-refractivity contribution >= 4 is 23.2 Å². The molecule has 2 heterocycles. The van der Waals surface area contributed by atoms with Crippen LogP contribution in [0.3, 0.4) is 0 Å². The van der Waals surface area contributed by atoms with Crippen LogP contribution in [-0.4, -0.2) is 35.0 Å². The van der Waals surface area contributed by atoms with Crippen molar-refractivity contribution in [3.63, 3.8) is 0 Å². The fraction of sp³-hybridized carbons (Fsp3) is 0.167. The van der Waals surface area contributed by atoms with Gasteiger partial charge in [-0.25, -0.2) is 15.0 Å². The number of nitrogen functional groups attached to an aromatic ring is 1. The molecule has 0 atom stereocenters. The van der Waals surface area contributed by atoms with Crippen LogP contribution in [0.4, 0.5) is 17.3 Å². The first-order valence-corrected chi connectivity index (χ1v) is 5.59. The average molecular weight is 258 g/mol. The van der Waals surface area contributed by atoms with Gasteiger partial charge in [-0.3, -0.25) is 4.79 Å². The van der Waals surface area contributed by atoms with Gasteiger partial charge in [0.2, 0.25) is 0 Å². The molecule has 19 heavy (non-hydrogen) atoms. The van der Waals surface area contributed by atoms with Crippen molar-refractivity contribution < 1.29 is 4.79 Å². The molecule has 0 spiro atoms. The van der Waals surface area contributed by atoms with Crippen molar-refractivity contribution in [1.29, 1.82) is 0 Å². The number of hydrogen-bond donors (Lipinski definition) is 2. The molecule has 98 valence electrons. The van der Waals surface area contributed by atoms with Crippen LogP contribution in [0, 0.1) is 0 Å². The van der Waals surface area contributed by atoms with Gasteiger partial charge in [0.05, 0.1) is 0 Å². The molecule has 1 amide bonds. The van der Waals surface area contributed by atoms with E-state index in [0.29, 0.717) is 5.69 Å². The molecule has 0 aromatic carbocycles. The molecular formula is C12H14N6O. The molecule has 0 unspecified atom stereocenters. The van der Waals surface area contributed by atoms with E-state index >= 15 is 0 Å². The molecule has 2 aromatic rings. The molecule has 0 radical (unpaired) electrons. The molecule has 7 nitrogen and oxygen atoms in total. The Balaban J connectivity index is 2.20. The number of nitrogens with one attached hydrogen (secondary N) is 1. The van der Waals surface area contributed by atoms with Crippen LogP contribution in [0.2, 0.25) is 0 Å². The molecule has 2 rings (SSSR count). The van der Waals surface area contributed by atoms with Crippen molar-refractivity contribution in [2.75, 3.05) is 30.0 Å². The van der Waals surface area contributed by atoms with E-state index in [2.05, 4.69) is 20.3 Å². The van der Waals surface area contributed by atoms with Crippen molar-refractivity contribution in [2.45, 2.75) is 0 Å². The Kier molecular flexibility index (Phi) is 3.56. The van der Waals surface area contributed by atoms with Gasteiger partial charge in [-0.2, -0.15) is 0 Å². The minimum absolute atomic E-state index is 0.0990. The summed E-state index contributed by atoms with van der Waals surface area (Å²) in [7, 11) is 3.74. The first-order valence-electron chi connectivity index (χ1n) is 5.59. The maximum atomic E-state index is 12.0. The third kappa shape index (κ3) is 2.95. The van der Waals surface area contributed by atoms with Gasteiger partial charge >= 0.3 is 0 Å². The summed E-state index contributed by atoms with van der Waals surface area (Å²) in [6.07, 6.45) is 4.47. The highest BCUT2D eigenvalue weighted by atomic mass is 16.1. The van der Waals surface area contributed by atoms with E-state index in [9.17, 15) is 4.79 Å². The summed E-state index contributed by atoms with van der Waals surface area (Å²) in [4.78, 5) is 25.7. The lowest BCUT2D eigenvalue weighted by Crippen LogP contribution is -2.17. The van der Waals surface area contributed by atoms with Crippen molar-refractivity contribution in [2.24, 2.45) is 0 Å². The summed E-state index contributed by atoms with van der Waals surface area (Å²) in [6, 6.07) is 3.45. The van der Waals surface area contributed by atoms with Gasteiger partial charge in [0.1, 0.15) is 5.82 Å². The van der Waals surface area contributed by atoms with Crippen LogP contribution >= 0.6 is 0 Å². The zero-order valence-electron chi connectivity index (χ0n) is 10.7. The van der Waals surface area contributed by atoms with Crippen LogP contribution in [0.15, 0.2) is 30.7 Å². The van der Waals surface area contributed by atoms with Crippen LogP contribution < -0.4 is 16.0 Å². The van der Waals surface area contributed by atoms with E-state index in [0.717, 1.165) is 5.82 Å². The zero-order valence-corrected chi connectivity index (χ0v) is 10.7. The van der Waals surface area contributed by atoms with E-state index in [1.807, 2.05) is 19.0 Å². The Morgan fingerprint density at radius 1 is 1.21 bits per heavy atom. The Hall–Kier alpha value is -2.70. The molecule has 0 saturated carbocycles. The van der Waals surface area contributed by atoms with E-state index in [-0.39, 0.29) is 11.5 Å². The summed E-state index contributed by atoms with van der Waals surface area (Å²) < 4.78 is 0.